The standard InChI is InChI=1S/C9H8FN3S2/c1-5(14-2)11-9-12-6-3-4-7(10)13-8(6)15-9/h3-4H,1-2H3. The van der Waals surface area contributed by atoms with Crippen LogP contribution in [0.5, 0.6) is 0 Å². The molecule has 0 bridgehead atoms. The summed E-state index contributed by atoms with van der Waals surface area (Å²) in [5.74, 6) is -0.483. The van der Waals surface area contributed by atoms with Crippen molar-refractivity contribution in [2.75, 3.05) is 6.26 Å². The molecule has 0 aliphatic carbocycles. The van der Waals surface area contributed by atoms with Crippen molar-refractivity contribution in [2.45, 2.75) is 6.92 Å². The van der Waals surface area contributed by atoms with Crippen LogP contribution in [0.2, 0.25) is 0 Å². The van der Waals surface area contributed by atoms with E-state index in [9.17, 15) is 4.39 Å². The predicted molar refractivity (Wildman–Crippen MR) is 63.7 cm³/mol. The van der Waals surface area contributed by atoms with E-state index in [2.05, 4.69) is 15.0 Å². The van der Waals surface area contributed by atoms with Gasteiger partial charge in [-0.15, -0.1) is 11.8 Å². The SMILES string of the molecule is CSC(C)=Nc1nc2ccc(F)nc2s1. The molecule has 0 spiro atoms. The van der Waals surface area contributed by atoms with Gasteiger partial charge in [-0.05, 0) is 25.3 Å². The normalized spacial score (nSPS) is 12.3. The molecule has 0 atom stereocenters. The van der Waals surface area contributed by atoms with E-state index >= 15 is 0 Å². The highest BCUT2D eigenvalue weighted by atomic mass is 32.2. The zero-order valence-electron chi connectivity index (χ0n) is 8.19. The Morgan fingerprint density at radius 1 is 1.47 bits per heavy atom. The highest BCUT2D eigenvalue weighted by molar-refractivity contribution is 8.13. The first kappa shape index (κ1) is 10.5. The van der Waals surface area contributed by atoms with Gasteiger partial charge in [0.15, 0.2) is 0 Å². The van der Waals surface area contributed by atoms with Crippen molar-refractivity contribution in [3.63, 3.8) is 0 Å². The van der Waals surface area contributed by atoms with Gasteiger partial charge in [0.05, 0.1) is 5.04 Å². The Morgan fingerprint density at radius 3 is 3.00 bits per heavy atom. The largest absolute Gasteiger partial charge is 0.218 e. The van der Waals surface area contributed by atoms with Crippen LogP contribution < -0.4 is 0 Å². The van der Waals surface area contributed by atoms with Crippen LogP contribution in [-0.2, 0) is 0 Å². The minimum atomic E-state index is -0.483. The molecule has 2 rings (SSSR count). The van der Waals surface area contributed by atoms with Crippen molar-refractivity contribution in [1.82, 2.24) is 9.97 Å². The number of thioether (sulfide) groups is 1. The lowest BCUT2D eigenvalue weighted by Crippen LogP contribution is -1.79. The smallest absolute Gasteiger partial charge is 0.214 e. The Bertz CT molecular complexity index is 521. The maximum Gasteiger partial charge on any atom is 0.214 e. The highest BCUT2D eigenvalue weighted by Crippen LogP contribution is 2.27. The van der Waals surface area contributed by atoms with E-state index in [4.69, 9.17) is 0 Å². The first-order chi connectivity index (χ1) is 7.19. The lowest BCUT2D eigenvalue weighted by molar-refractivity contribution is 0.589. The lowest BCUT2D eigenvalue weighted by Gasteiger charge is -1.88. The first-order valence-electron chi connectivity index (χ1n) is 4.21. The summed E-state index contributed by atoms with van der Waals surface area (Å²) in [4.78, 5) is 12.8. The van der Waals surface area contributed by atoms with Gasteiger partial charge >= 0.3 is 0 Å². The van der Waals surface area contributed by atoms with Crippen LogP contribution >= 0.6 is 23.1 Å². The summed E-state index contributed by atoms with van der Waals surface area (Å²) in [6.45, 7) is 1.91. The summed E-state index contributed by atoms with van der Waals surface area (Å²) < 4.78 is 12.8. The van der Waals surface area contributed by atoms with Gasteiger partial charge in [0, 0.05) is 0 Å². The average molecular weight is 241 g/mol. The van der Waals surface area contributed by atoms with E-state index in [1.54, 1.807) is 17.8 Å². The van der Waals surface area contributed by atoms with Crippen LogP contribution in [0, 0.1) is 5.95 Å². The zero-order chi connectivity index (χ0) is 10.8. The second kappa shape index (κ2) is 4.24. The van der Waals surface area contributed by atoms with E-state index in [0.29, 0.717) is 15.5 Å². The third-order valence-electron chi connectivity index (χ3n) is 1.76. The molecule has 0 radical (unpaired) electrons. The minimum absolute atomic E-state index is 0.483. The Hall–Kier alpha value is -1.01. The van der Waals surface area contributed by atoms with Crippen molar-refractivity contribution in [3.8, 4) is 0 Å². The molecule has 2 aromatic rings. The van der Waals surface area contributed by atoms with Crippen LogP contribution in [0.25, 0.3) is 10.3 Å². The van der Waals surface area contributed by atoms with Crippen molar-refractivity contribution < 1.29 is 4.39 Å². The number of halogens is 1. The molecule has 0 saturated heterocycles. The molecule has 78 valence electrons. The van der Waals surface area contributed by atoms with Gasteiger partial charge in [-0.25, -0.2) is 15.0 Å². The first-order valence-corrected chi connectivity index (χ1v) is 6.25. The third-order valence-corrected chi connectivity index (χ3v) is 3.30. The van der Waals surface area contributed by atoms with Crippen LogP contribution in [0.3, 0.4) is 0 Å². The van der Waals surface area contributed by atoms with Crippen LogP contribution in [0.15, 0.2) is 17.1 Å². The summed E-state index contributed by atoms with van der Waals surface area (Å²) in [7, 11) is 0. The van der Waals surface area contributed by atoms with Gasteiger partial charge in [0.2, 0.25) is 11.1 Å². The van der Waals surface area contributed by atoms with E-state index in [1.807, 2.05) is 13.2 Å². The molecule has 6 heteroatoms. The predicted octanol–water partition coefficient (Wildman–Crippen LogP) is 3.24. The molecular weight excluding hydrogens is 233 g/mol. The van der Waals surface area contributed by atoms with Gasteiger partial charge in [-0.1, -0.05) is 11.3 Å². The summed E-state index contributed by atoms with van der Waals surface area (Å²) in [6, 6.07) is 2.92. The molecule has 0 saturated carbocycles. The number of aliphatic imine (C=N–C) groups is 1. The van der Waals surface area contributed by atoms with Crippen molar-refractivity contribution in [1.29, 1.82) is 0 Å². The fourth-order valence-corrected chi connectivity index (χ4v) is 2.10. The van der Waals surface area contributed by atoms with Gasteiger partial charge in [-0.3, -0.25) is 0 Å². The minimum Gasteiger partial charge on any atom is -0.218 e. The van der Waals surface area contributed by atoms with Gasteiger partial charge < -0.3 is 0 Å². The Labute approximate surface area is 94.5 Å². The molecular formula is C9H8FN3S2. The number of rotatable bonds is 1. The number of nitrogens with zero attached hydrogens (tertiary/aromatic N) is 3. The maximum atomic E-state index is 12.8. The Balaban J connectivity index is 2.47. The van der Waals surface area contributed by atoms with Crippen LogP contribution in [0.1, 0.15) is 6.92 Å². The summed E-state index contributed by atoms with van der Waals surface area (Å²) in [5, 5.41) is 1.55. The van der Waals surface area contributed by atoms with Crippen molar-refractivity contribution >= 4 is 43.6 Å². The summed E-state index contributed by atoms with van der Waals surface area (Å²) in [6.07, 6.45) is 1.95. The quantitative estimate of drug-likeness (QED) is 0.437. The van der Waals surface area contributed by atoms with E-state index in [0.717, 1.165) is 5.04 Å². The average Bonchev–Trinajstić information content (AvgIpc) is 2.59. The Morgan fingerprint density at radius 2 is 2.27 bits per heavy atom. The number of thiazole rings is 1. The lowest BCUT2D eigenvalue weighted by atomic mass is 10.4. The number of hydrogen-bond donors (Lipinski definition) is 0. The van der Waals surface area contributed by atoms with Gasteiger partial charge in [0.25, 0.3) is 0 Å². The van der Waals surface area contributed by atoms with Crippen LogP contribution in [-0.4, -0.2) is 21.3 Å². The van der Waals surface area contributed by atoms with E-state index in [-0.39, 0.29) is 0 Å². The highest BCUT2D eigenvalue weighted by Gasteiger charge is 2.05. The Kier molecular flexibility index (Phi) is 2.97. The monoisotopic (exact) mass is 241 g/mol. The molecule has 0 aliphatic heterocycles. The molecule has 2 aromatic heterocycles. The number of pyridine rings is 1. The van der Waals surface area contributed by atoms with E-state index < -0.39 is 5.95 Å². The molecule has 0 amide bonds. The molecule has 3 nitrogen and oxygen atoms in total. The molecule has 0 aliphatic rings. The van der Waals surface area contributed by atoms with Gasteiger partial charge in [-0.2, -0.15) is 4.39 Å². The molecule has 0 aromatic carbocycles. The molecule has 2 heterocycles. The number of aromatic nitrogens is 2. The zero-order valence-corrected chi connectivity index (χ0v) is 9.82. The fourth-order valence-electron chi connectivity index (χ4n) is 1.01. The van der Waals surface area contributed by atoms with Gasteiger partial charge in [0.1, 0.15) is 10.3 Å². The second-order valence-corrected chi connectivity index (χ2v) is 4.74. The maximum absolute atomic E-state index is 12.8. The molecule has 15 heavy (non-hydrogen) atoms. The van der Waals surface area contributed by atoms with Crippen molar-refractivity contribution in [2.24, 2.45) is 4.99 Å². The van der Waals surface area contributed by atoms with E-state index in [1.165, 1.54) is 17.4 Å². The fraction of sp³-hybridized carbons (Fsp3) is 0.222. The number of fused-ring (bicyclic) bond motifs is 1. The molecule has 0 fully saturated rings. The van der Waals surface area contributed by atoms with Crippen molar-refractivity contribution in [3.05, 3.63) is 18.1 Å². The molecule has 0 unspecified atom stereocenters. The summed E-state index contributed by atoms with van der Waals surface area (Å²) in [5.41, 5.74) is 0.689. The third kappa shape index (κ3) is 2.32. The summed E-state index contributed by atoms with van der Waals surface area (Å²) >= 11 is 2.85. The number of hydrogen-bond acceptors (Lipinski definition) is 5. The topological polar surface area (TPSA) is 38.1 Å². The van der Waals surface area contributed by atoms with Crippen LogP contribution in [0.4, 0.5) is 9.52 Å². The second-order valence-electron chi connectivity index (χ2n) is 2.79. The molecule has 0 N–H and O–H groups in total.